The van der Waals surface area contributed by atoms with Crippen LogP contribution in [-0.2, 0) is 4.79 Å². The quantitative estimate of drug-likeness (QED) is 0.737. The van der Waals surface area contributed by atoms with Crippen molar-refractivity contribution in [3.63, 3.8) is 0 Å². The molecule has 1 N–H and O–H groups in total. The Balaban J connectivity index is 1.60. The summed E-state index contributed by atoms with van der Waals surface area (Å²) in [6.45, 7) is 13.5. The van der Waals surface area contributed by atoms with Crippen molar-refractivity contribution in [3.8, 4) is 0 Å². The smallest absolute Gasteiger partial charge is 0.228 e. The molecule has 0 saturated carbocycles. The monoisotopic (exact) mass is 454 g/mol. The molecule has 2 saturated heterocycles. The first kappa shape index (κ1) is 22.9. The van der Waals surface area contributed by atoms with Crippen LogP contribution < -0.4 is 15.1 Å². The third-order valence-corrected chi connectivity index (χ3v) is 6.73. The summed E-state index contributed by atoms with van der Waals surface area (Å²) in [4.78, 5) is 19.9. The number of benzene rings is 2. The van der Waals surface area contributed by atoms with Crippen LogP contribution in [0, 0.1) is 5.41 Å². The molecule has 0 aliphatic carbocycles. The van der Waals surface area contributed by atoms with E-state index in [2.05, 4.69) is 58.4 Å². The summed E-state index contributed by atoms with van der Waals surface area (Å²) in [5.41, 5.74) is 3.26. The highest BCUT2D eigenvalue weighted by Crippen LogP contribution is 2.34. The first-order chi connectivity index (χ1) is 15.2. The molecule has 1 amide bonds. The molecule has 2 aliphatic rings. The molecule has 0 aromatic heterocycles. The van der Waals surface area contributed by atoms with Crippen molar-refractivity contribution < 1.29 is 4.79 Å². The van der Waals surface area contributed by atoms with E-state index >= 15 is 0 Å². The molecule has 0 unspecified atom stereocenters. The Hall–Kier alpha value is -2.24. The second-order valence-corrected chi connectivity index (χ2v) is 10.5. The van der Waals surface area contributed by atoms with Crippen molar-refractivity contribution in [2.75, 3.05) is 49.1 Å². The van der Waals surface area contributed by atoms with Crippen LogP contribution in [0.4, 0.5) is 11.4 Å². The number of nitrogens with zero attached hydrogens (tertiary/aromatic N) is 3. The van der Waals surface area contributed by atoms with Crippen molar-refractivity contribution in [2.24, 2.45) is 5.41 Å². The lowest BCUT2D eigenvalue weighted by Crippen LogP contribution is -2.53. The number of carbonyl (C=O) groups is 1. The predicted octanol–water partition coefficient (Wildman–Crippen LogP) is 4.57. The lowest BCUT2D eigenvalue weighted by molar-refractivity contribution is -0.140. The van der Waals surface area contributed by atoms with Crippen molar-refractivity contribution in [1.29, 1.82) is 0 Å². The van der Waals surface area contributed by atoms with Gasteiger partial charge in [0, 0.05) is 67.1 Å². The van der Waals surface area contributed by atoms with E-state index in [0.29, 0.717) is 12.6 Å². The molecular formula is C26H35ClN4O. The number of hydrogen-bond donors (Lipinski definition) is 1. The fourth-order valence-electron chi connectivity index (χ4n) is 4.74. The average molecular weight is 455 g/mol. The molecule has 0 spiro atoms. The Morgan fingerprint density at radius 1 is 0.938 bits per heavy atom. The van der Waals surface area contributed by atoms with Gasteiger partial charge in [0.1, 0.15) is 0 Å². The van der Waals surface area contributed by atoms with E-state index in [1.165, 1.54) is 11.3 Å². The summed E-state index contributed by atoms with van der Waals surface area (Å²) in [6, 6.07) is 17.6. The van der Waals surface area contributed by atoms with E-state index in [0.717, 1.165) is 43.4 Å². The largest absolute Gasteiger partial charge is 0.369 e. The normalized spacial score (nSPS) is 22.2. The Kier molecular flexibility index (Phi) is 6.68. The van der Waals surface area contributed by atoms with Crippen LogP contribution in [0.25, 0.3) is 0 Å². The average Bonchev–Trinajstić information content (AvgIpc) is 2.78. The fourth-order valence-corrected chi connectivity index (χ4v) is 4.87. The lowest BCUT2D eigenvalue weighted by atomic mass is 9.92. The third kappa shape index (κ3) is 5.05. The molecule has 172 valence electrons. The van der Waals surface area contributed by atoms with Crippen molar-refractivity contribution >= 4 is 28.9 Å². The molecule has 2 fully saturated rings. The van der Waals surface area contributed by atoms with Crippen LogP contribution in [-0.4, -0.2) is 56.1 Å². The molecule has 5 nitrogen and oxygen atoms in total. The van der Waals surface area contributed by atoms with E-state index in [1.54, 1.807) is 0 Å². The van der Waals surface area contributed by atoms with Gasteiger partial charge < -0.3 is 20.0 Å². The summed E-state index contributed by atoms with van der Waals surface area (Å²) < 4.78 is 0. The SMILES string of the molecule is C[C@H]1CN(c2ccc([C@@H]3CN(C(=O)C(C)(C)C)CCN3c3ccc(Cl)cc3)cc2)CCN1. The maximum Gasteiger partial charge on any atom is 0.228 e. The van der Waals surface area contributed by atoms with Crippen LogP contribution in [0.1, 0.15) is 39.3 Å². The number of carbonyl (C=O) groups excluding carboxylic acids is 1. The zero-order chi connectivity index (χ0) is 22.9. The number of nitrogens with one attached hydrogen (secondary N) is 1. The highest BCUT2D eigenvalue weighted by molar-refractivity contribution is 6.30. The van der Waals surface area contributed by atoms with Crippen LogP contribution >= 0.6 is 11.6 Å². The standard InChI is InChI=1S/C26H35ClN4O/c1-19-17-29(14-13-28-19)22-9-5-20(6-10-22)24-18-30(25(32)26(2,3)4)15-16-31(24)23-11-7-21(27)8-12-23/h5-12,19,24,28H,13-18H2,1-4H3/t19-,24-/m0/s1. The summed E-state index contributed by atoms with van der Waals surface area (Å²) in [7, 11) is 0. The van der Waals surface area contributed by atoms with Crippen molar-refractivity contribution in [2.45, 2.75) is 39.8 Å². The Bertz CT molecular complexity index is 922. The maximum absolute atomic E-state index is 13.1. The molecule has 2 aromatic carbocycles. The van der Waals surface area contributed by atoms with Gasteiger partial charge in [-0.15, -0.1) is 0 Å². The number of rotatable bonds is 3. The first-order valence-electron chi connectivity index (χ1n) is 11.6. The lowest BCUT2D eigenvalue weighted by Gasteiger charge is -2.44. The molecule has 2 atom stereocenters. The maximum atomic E-state index is 13.1. The van der Waals surface area contributed by atoms with Gasteiger partial charge in [-0.2, -0.15) is 0 Å². The summed E-state index contributed by atoms with van der Waals surface area (Å²) in [6.07, 6.45) is 0. The van der Waals surface area contributed by atoms with Gasteiger partial charge in [-0.05, 0) is 48.9 Å². The van der Waals surface area contributed by atoms with E-state index in [4.69, 9.17) is 11.6 Å². The van der Waals surface area contributed by atoms with Crippen molar-refractivity contribution in [3.05, 3.63) is 59.1 Å². The van der Waals surface area contributed by atoms with Crippen molar-refractivity contribution in [1.82, 2.24) is 10.2 Å². The van der Waals surface area contributed by atoms with Gasteiger partial charge in [0.15, 0.2) is 0 Å². The van der Waals surface area contributed by atoms with Crippen LogP contribution in [0.5, 0.6) is 0 Å². The topological polar surface area (TPSA) is 38.8 Å². The molecule has 2 aromatic rings. The van der Waals surface area contributed by atoms with E-state index in [-0.39, 0.29) is 17.4 Å². The minimum Gasteiger partial charge on any atom is -0.369 e. The molecule has 2 heterocycles. The Morgan fingerprint density at radius 3 is 2.22 bits per heavy atom. The van der Waals surface area contributed by atoms with Crippen LogP contribution in [0.2, 0.25) is 5.02 Å². The summed E-state index contributed by atoms with van der Waals surface area (Å²) in [5, 5.41) is 4.24. The number of halogens is 1. The second-order valence-electron chi connectivity index (χ2n) is 10.1. The molecule has 6 heteroatoms. The number of amides is 1. The minimum atomic E-state index is -0.379. The van der Waals surface area contributed by atoms with Gasteiger partial charge in [0.05, 0.1) is 6.04 Å². The predicted molar refractivity (Wildman–Crippen MR) is 134 cm³/mol. The zero-order valence-corrected chi connectivity index (χ0v) is 20.4. The number of hydrogen-bond acceptors (Lipinski definition) is 4. The summed E-state index contributed by atoms with van der Waals surface area (Å²) >= 11 is 6.14. The summed E-state index contributed by atoms with van der Waals surface area (Å²) in [5.74, 6) is 0.213. The molecule has 32 heavy (non-hydrogen) atoms. The zero-order valence-electron chi connectivity index (χ0n) is 19.6. The molecule has 2 aliphatic heterocycles. The number of anilines is 2. The van der Waals surface area contributed by atoms with Gasteiger partial charge in [-0.3, -0.25) is 4.79 Å². The number of piperazine rings is 2. The second kappa shape index (κ2) is 9.32. The first-order valence-corrected chi connectivity index (χ1v) is 12.0. The Morgan fingerprint density at radius 2 is 1.59 bits per heavy atom. The highest BCUT2D eigenvalue weighted by atomic mass is 35.5. The van der Waals surface area contributed by atoms with E-state index < -0.39 is 0 Å². The molecular weight excluding hydrogens is 420 g/mol. The fraction of sp³-hybridized carbons (Fsp3) is 0.500. The van der Waals surface area contributed by atoms with Gasteiger partial charge >= 0.3 is 0 Å². The van der Waals surface area contributed by atoms with Gasteiger partial charge in [0.25, 0.3) is 0 Å². The molecule has 0 bridgehead atoms. The molecule has 0 radical (unpaired) electrons. The Labute approximate surface area is 197 Å². The third-order valence-electron chi connectivity index (χ3n) is 6.48. The van der Waals surface area contributed by atoms with Gasteiger partial charge in [-0.25, -0.2) is 0 Å². The van der Waals surface area contributed by atoms with E-state index in [9.17, 15) is 4.79 Å². The van der Waals surface area contributed by atoms with Gasteiger partial charge in [0.2, 0.25) is 5.91 Å². The minimum absolute atomic E-state index is 0.104. The van der Waals surface area contributed by atoms with Gasteiger partial charge in [-0.1, -0.05) is 44.5 Å². The highest BCUT2D eigenvalue weighted by Gasteiger charge is 2.35. The molecule has 4 rings (SSSR count). The van der Waals surface area contributed by atoms with Crippen LogP contribution in [0.15, 0.2) is 48.5 Å². The van der Waals surface area contributed by atoms with Crippen LogP contribution in [0.3, 0.4) is 0 Å². The van der Waals surface area contributed by atoms with E-state index in [1.807, 2.05) is 37.8 Å².